The molecule has 2 heterocycles. The van der Waals surface area contributed by atoms with E-state index in [0.717, 1.165) is 16.9 Å². The van der Waals surface area contributed by atoms with E-state index in [-0.39, 0.29) is 0 Å². The zero-order valence-corrected chi connectivity index (χ0v) is 8.67. The minimum atomic E-state index is 0.682. The predicted octanol–water partition coefficient (Wildman–Crippen LogP) is 2.58. The van der Waals surface area contributed by atoms with E-state index in [1.807, 2.05) is 59.1 Å². The van der Waals surface area contributed by atoms with Gasteiger partial charge in [-0.25, -0.2) is 4.98 Å². The number of nitrogens with two attached hydrogens (primary N) is 1. The van der Waals surface area contributed by atoms with E-state index < -0.39 is 0 Å². The highest BCUT2D eigenvalue weighted by atomic mass is 15.1. The van der Waals surface area contributed by atoms with E-state index in [9.17, 15) is 0 Å². The van der Waals surface area contributed by atoms with Crippen LogP contribution < -0.4 is 5.73 Å². The molecule has 16 heavy (non-hydrogen) atoms. The molecule has 0 bridgehead atoms. The highest BCUT2D eigenvalue weighted by molar-refractivity contribution is 5.74. The maximum atomic E-state index is 6.07. The van der Waals surface area contributed by atoms with Crippen LogP contribution in [0, 0.1) is 0 Å². The molecular formula is C13H11N3. The van der Waals surface area contributed by atoms with E-state index in [2.05, 4.69) is 4.98 Å². The summed E-state index contributed by atoms with van der Waals surface area (Å²) >= 11 is 0. The van der Waals surface area contributed by atoms with Crippen LogP contribution in [0.15, 0.2) is 54.7 Å². The first kappa shape index (κ1) is 8.97. The van der Waals surface area contributed by atoms with Crippen LogP contribution in [0.1, 0.15) is 0 Å². The van der Waals surface area contributed by atoms with Gasteiger partial charge in [0.1, 0.15) is 17.2 Å². The van der Waals surface area contributed by atoms with E-state index >= 15 is 0 Å². The zero-order chi connectivity index (χ0) is 11.0. The molecule has 3 nitrogen and oxygen atoms in total. The summed E-state index contributed by atoms with van der Waals surface area (Å²) in [6.45, 7) is 0. The fourth-order valence-electron chi connectivity index (χ4n) is 1.82. The molecule has 0 unspecified atom stereocenters. The number of pyridine rings is 1. The SMILES string of the molecule is Nc1c(-c2ccccc2)nc2ccccn12. The lowest BCUT2D eigenvalue weighted by molar-refractivity contribution is 1.20. The third-order valence-corrected chi connectivity index (χ3v) is 2.61. The Morgan fingerprint density at radius 2 is 1.69 bits per heavy atom. The average molecular weight is 209 g/mol. The molecule has 0 spiro atoms. The number of nitrogens with zero attached hydrogens (tertiary/aromatic N) is 2. The van der Waals surface area contributed by atoms with Crippen molar-refractivity contribution in [1.29, 1.82) is 0 Å². The fraction of sp³-hybridized carbons (Fsp3) is 0. The number of rotatable bonds is 1. The van der Waals surface area contributed by atoms with Crippen LogP contribution >= 0.6 is 0 Å². The van der Waals surface area contributed by atoms with E-state index in [1.54, 1.807) is 0 Å². The topological polar surface area (TPSA) is 43.3 Å². The Bertz CT molecular complexity index is 626. The minimum Gasteiger partial charge on any atom is -0.383 e. The summed E-state index contributed by atoms with van der Waals surface area (Å²) in [6.07, 6.45) is 1.92. The molecule has 0 aliphatic heterocycles. The van der Waals surface area contributed by atoms with Gasteiger partial charge in [-0.15, -0.1) is 0 Å². The quantitative estimate of drug-likeness (QED) is 0.669. The second-order valence-corrected chi connectivity index (χ2v) is 3.64. The molecule has 78 valence electrons. The third kappa shape index (κ3) is 1.26. The smallest absolute Gasteiger partial charge is 0.139 e. The monoisotopic (exact) mass is 209 g/mol. The Morgan fingerprint density at radius 3 is 2.44 bits per heavy atom. The predicted molar refractivity (Wildman–Crippen MR) is 65.0 cm³/mol. The highest BCUT2D eigenvalue weighted by Gasteiger charge is 2.09. The van der Waals surface area contributed by atoms with Crippen LogP contribution in [0.2, 0.25) is 0 Å². The largest absolute Gasteiger partial charge is 0.383 e. The standard InChI is InChI=1S/C13H11N3/c14-13-12(10-6-2-1-3-7-10)15-11-8-4-5-9-16(11)13/h1-9H,14H2. The lowest BCUT2D eigenvalue weighted by atomic mass is 10.1. The van der Waals surface area contributed by atoms with Crippen molar-refractivity contribution in [2.75, 3.05) is 5.73 Å². The molecule has 0 atom stereocenters. The van der Waals surface area contributed by atoms with Crippen LogP contribution in [0.25, 0.3) is 16.9 Å². The molecule has 3 aromatic rings. The summed E-state index contributed by atoms with van der Waals surface area (Å²) in [7, 11) is 0. The van der Waals surface area contributed by atoms with Crippen LogP contribution in [0.5, 0.6) is 0 Å². The van der Waals surface area contributed by atoms with E-state index in [4.69, 9.17) is 5.73 Å². The van der Waals surface area contributed by atoms with E-state index in [0.29, 0.717) is 5.82 Å². The molecule has 1 aromatic carbocycles. The fourth-order valence-corrected chi connectivity index (χ4v) is 1.82. The number of hydrogen-bond acceptors (Lipinski definition) is 2. The van der Waals surface area contributed by atoms with Crippen LogP contribution in [0.3, 0.4) is 0 Å². The van der Waals surface area contributed by atoms with Crippen LogP contribution in [0.4, 0.5) is 5.82 Å². The van der Waals surface area contributed by atoms with Gasteiger partial charge in [0, 0.05) is 11.8 Å². The third-order valence-electron chi connectivity index (χ3n) is 2.61. The molecular weight excluding hydrogens is 198 g/mol. The molecule has 2 N–H and O–H groups in total. The van der Waals surface area contributed by atoms with Crippen LogP contribution in [-0.2, 0) is 0 Å². The van der Waals surface area contributed by atoms with Crippen molar-refractivity contribution in [3.63, 3.8) is 0 Å². The lowest BCUT2D eigenvalue weighted by Crippen LogP contribution is -1.93. The van der Waals surface area contributed by atoms with Gasteiger partial charge < -0.3 is 5.73 Å². The van der Waals surface area contributed by atoms with Gasteiger partial charge in [-0.2, -0.15) is 0 Å². The maximum absolute atomic E-state index is 6.07. The van der Waals surface area contributed by atoms with Gasteiger partial charge in [-0.1, -0.05) is 36.4 Å². The summed E-state index contributed by atoms with van der Waals surface area (Å²) < 4.78 is 1.89. The first-order valence-corrected chi connectivity index (χ1v) is 5.14. The summed E-state index contributed by atoms with van der Waals surface area (Å²) in [6, 6.07) is 15.8. The Labute approximate surface area is 93.2 Å². The molecule has 0 saturated carbocycles. The summed E-state index contributed by atoms with van der Waals surface area (Å²) in [5.74, 6) is 0.682. The number of anilines is 1. The van der Waals surface area contributed by atoms with Crippen molar-refractivity contribution in [3.05, 3.63) is 54.7 Å². The number of fused-ring (bicyclic) bond motifs is 1. The van der Waals surface area contributed by atoms with Crippen LogP contribution in [-0.4, -0.2) is 9.38 Å². The second kappa shape index (κ2) is 3.38. The Balaban J connectivity index is 2.29. The van der Waals surface area contributed by atoms with Crippen molar-refractivity contribution in [1.82, 2.24) is 9.38 Å². The van der Waals surface area contributed by atoms with Gasteiger partial charge in [0.25, 0.3) is 0 Å². The number of nitrogen functional groups attached to an aromatic ring is 1. The summed E-state index contributed by atoms with van der Waals surface area (Å²) in [5, 5.41) is 0. The van der Waals surface area contributed by atoms with Crippen molar-refractivity contribution in [3.8, 4) is 11.3 Å². The molecule has 0 amide bonds. The van der Waals surface area contributed by atoms with Crippen molar-refractivity contribution in [2.24, 2.45) is 0 Å². The Hall–Kier alpha value is -2.29. The number of hydrogen-bond donors (Lipinski definition) is 1. The number of benzene rings is 1. The van der Waals surface area contributed by atoms with Crippen molar-refractivity contribution in [2.45, 2.75) is 0 Å². The van der Waals surface area contributed by atoms with E-state index in [1.165, 1.54) is 0 Å². The average Bonchev–Trinajstić information content (AvgIpc) is 2.69. The van der Waals surface area contributed by atoms with Gasteiger partial charge >= 0.3 is 0 Å². The van der Waals surface area contributed by atoms with Gasteiger partial charge in [-0.05, 0) is 12.1 Å². The molecule has 0 fully saturated rings. The first-order chi connectivity index (χ1) is 7.86. The Kier molecular flexibility index (Phi) is 1.90. The molecule has 3 rings (SSSR count). The molecule has 0 aliphatic carbocycles. The van der Waals surface area contributed by atoms with Gasteiger partial charge in [0.2, 0.25) is 0 Å². The summed E-state index contributed by atoms with van der Waals surface area (Å²) in [5.41, 5.74) is 8.83. The van der Waals surface area contributed by atoms with Crippen molar-refractivity contribution < 1.29 is 0 Å². The first-order valence-electron chi connectivity index (χ1n) is 5.14. The summed E-state index contributed by atoms with van der Waals surface area (Å²) in [4.78, 5) is 4.52. The molecule has 3 heteroatoms. The number of aromatic nitrogens is 2. The van der Waals surface area contributed by atoms with Gasteiger partial charge in [0.05, 0.1) is 0 Å². The normalized spacial score (nSPS) is 10.8. The minimum absolute atomic E-state index is 0.682. The molecule has 0 aliphatic rings. The van der Waals surface area contributed by atoms with Crippen molar-refractivity contribution >= 4 is 11.5 Å². The molecule has 2 aromatic heterocycles. The Morgan fingerprint density at radius 1 is 0.938 bits per heavy atom. The number of imidazole rings is 1. The maximum Gasteiger partial charge on any atom is 0.139 e. The molecule has 0 saturated heterocycles. The highest BCUT2D eigenvalue weighted by Crippen LogP contribution is 2.25. The second-order valence-electron chi connectivity index (χ2n) is 3.64. The zero-order valence-electron chi connectivity index (χ0n) is 8.67. The van der Waals surface area contributed by atoms with Gasteiger partial charge in [-0.3, -0.25) is 4.40 Å². The lowest BCUT2D eigenvalue weighted by Gasteiger charge is -1.98. The molecule has 0 radical (unpaired) electrons. The van der Waals surface area contributed by atoms with Gasteiger partial charge in [0.15, 0.2) is 0 Å².